The molecule has 0 unspecified atom stereocenters. The molecule has 4 atom stereocenters. The van der Waals surface area contributed by atoms with Crippen molar-refractivity contribution < 1.29 is 32.6 Å². The molecule has 4 aliphatic rings. The van der Waals surface area contributed by atoms with Crippen LogP contribution in [0.15, 0.2) is 46.0 Å². The Bertz CT molecular complexity index is 1520. The van der Waals surface area contributed by atoms with Crippen LogP contribution in [-0.4, -0.2) is 91.9 Å². The number of carboxylic acid groups (broad SMARTS) is 1. The molecule has 242 valence electrons. The van der Waals surface area contributed by atoms with Gasteiger partial charge in [-0.05, 0) is 62.6 Å². The fourth-order valence-electron chi connectivity index (χ4n) is 7.29. The molecule has 1 aromatic heterocycles. The van der Waals surface area contributed by atoms with Crippen LogP contribution >= 0.6 is 33.9 Å². The fraction of sp³-hybridized carbons (Fsp3) is 0.548. The van der Waals surface area contributed by atoms with Crippen LogP contribution in [-0.2, 0) is 14.3 Å². The molecule has 0 radical (unpaired) electrons. The number of halogens is 4. The second kappa shape index (κ2) is 12.9. The first-order chi connectivity index (χ1) is 21.5. The molecule has 3 aliphatic heterocycles. The van der Waals surface area contributed by atoms with Crippen LogP contribution in [0.3, 0.4) is 0 Å². The zero-order chi connectivity index (χ0) is 32.0. The van der Waals surface area contributed by atoms with Crippen molar-refractivity contribution in [2.45, 2.75) is 73.5 Å². The Morgan fingerprint density at radius 3 is 2.78 bits per heavy atom. The number of aromatic nitrogens is 1. The number of carbonyl (C=O) groups excluding carboxylic acids is 1. The van der Waals surface area contributed by atoms with Crippen LogP contribution in [0.5, 0.6) is 0 Å². The number of likely N-dealkylation sites (tertiary alicyclic amines) is 2. The molecule has 2 N–H and O–H groups in total. The maximum absolute atomic E-state index is 15.8. The summed E-state index contributed by atoms with van der Waals surface area (Å²) in [5.41, 5.74) is 1.38. The Morgan fingerprint density at radius 2 is 2.09 bits per heavy atom. The number of rotatable bonds is 10. The Labute approximate surface area is 277 Å². The molecule has 6 rings (SSSR count). The van der Waals surface area contributed by atoms with Crippen molar-refractivity contribution in [3.05, 3.63) is 63.0 Å². The van der Waals surface area contributed by atoms with Gasteiger partial charge in [0.05, 0.1) is 24.8 Å². The van der Waals surface area contributed by atoms with Gasteiger partial charge >= 0.3 is 11.9 Å². The highest BCUT2D eigenvalue weighted by atomic mass is 127. The van der Waals surface area contributed by atoms with E-state index in [1.54, 1.807) is 42.5 Å². The highest BCUT2D eigenvalue weighted by Gasteiger charge is 2.61. The second-order valence-electron chi connectivity index (χ2n) is 12.1. The normalized spacial score (nSPS) is 28.7. The molecule has 1 saturated carbocycles. The lowest BCUT2D eigenvalue weighted by Crippen LogP contribution is -2.54. The molecule has 3 fully saturated rings. The number of aliphatic imine (C=N–C) groups is 1. The van der Waals surface area contributed by atoms with Gasteiger partial charge in [-0.1, -0.05) is 34.7 Å². The van der Waals surface area contributed by atoms with Gasteiger partial charge in [0.2, 0.25) is 0 Å². The van der Waals surface area contributed by atoms with E-state index in [1.807, 2.05) is 27.5 Å². The molecule has 1 aliphatic carbocycles. The lowest BCUT2D eigenvalue weighted by atomic mass is 9.76. The summed E-state index contributed by atoms with van der Waals surface area (Å²) in [7, 11) is 0. The molecule has 0 bridgehead atoms. The van der Waals surface area contributed by atoms with E-state index in [-0.39, 0.29) is 30.7 Å². The number of carboxylic acids is 1. The predicted molar refractivity (Wildman–Crippen MR) is 171 cm³/mol. The van der Waals surface area contributed by atoms with E-state index in [0.29, 0.717) is 59.9 Å². The maximum Gasteiger partial charge on any atom is 0.338 e. The summed E-state index contributed by atoms with van der Waals surface area (Å²) in [4.78, 5) is 37.7. The van der Waals surface area contributed by atoms with Gasteiger partial charge in [-0.25, -0.2) is 22.9 Å². The number of thiazole rings is 1. The predicted octanol–water partition coefficient (Wildman–Crippen LogP) is 4.95. The zero-order valence-electron chi connectivity index (χ0n) is 24.9. The van der Waals surface area contributed by atoms with Crippen LogP contribution < -0.4 is 5.32 Å². The second-order valence-corrected chi connectivity index (χ2v) is 14.5. The first-order valence-electron chi connectivity index (χ1n) is 15.1. The summed E-state index contributed by atoms with van der Waals surface area (Å²) < 4.78 is 51.4. The summed E-state index contributed by atoms with van der Waals surface area (Å²) in [6, 6.07) is 2.28. The third-order valence-corrected chi connectivity index (χ3v) is 11.3. The number of ether oxygens (including phenoxy) is 1. The Kier molecular flexibility index (Phi) is 9.29. The van der Waals surface area contributed by atoms with Crippen LogP contribution in [0.4, 0.5) is 13.2 Å². The molecule has 4 heterocycles. The van der Waals surface area contributed by atoms with Crippen LogP contribution in [0.2, 0.25) is 0 Å². The summed E-state index contributed by atoms with van der Waals surface area (Å²) >= 11 is 3.27. The van der Waals surface area contributed by atoms with E-state index < -0.39 is 52.3 Å². The number of hydrogen-bond donors (Lipinski definition) is 2. The maximum atomic E-state index is 15.8. The Balaban J connectivity index is 1.30. The summed E-state index contributed by atoms with van der Waals surface area (Å²) in [6.07, 6.45) is 4.15. The molecule has 2 aromatic rings. The van der Waals surface area contributed by atoms with Crippen LogP contribution in [0, 0.1) is 18.7 Å². The minimum absolute atomic E-state index is 0.000643. The highest BCUT2D eigenvalue weighted by Crippen LogP contribution is 2.47. The van der Waals surface area contributed by atoms with Crippen LogP contribution in [0.1, 0.15) is 54.8 Å². The lowest BCUT2D eigenvalue weighted by Gasteiger charge is -2.45. The quantitative estimate of drug-likeness (QED) is 0.200. The molecular weight excluding hydrogens is 722 g/mol. The number of benzene rings is 1. The summed E-state index contributed by atoms with van der Waals surface area (Å²) in [6.45, 7) is 3.49. The first-order valence-corrected chi connectivity index (χ1v) is 17.2. The monoisotopic (exact) mass is 757 g/mol. The molecule has 14 heteroatoms. The van der Waals surface area contributed by atoms with Gasteiger partial charge in [0, 0.05) is 42.4 Å². The van der Waals surface area contributed by atoms with E-state index in [9.17, 15) is 19.1 Å². The van der Waals surface area contributed by atoms with Gasteiger partial charge < -0.3 is 15.2 Å². The number of fused-ring (bicyclic) bond motifs is 1. The molecular formula is C31H35F3IN5O4S. The van der Waals surface area contributed by atoms with Crippen LogP contribution in [0.25, 0.3) is 0 Å². The van der Waals surface area contributed by atoms with E-state index in [0.717, 1.165) is 0 Å². The number of aliphatic carboxylic acids is 1. The van der Waals surface area contributed by atoms with Crippen molar-refractivity contribution in [2.24, 2.45) is 10.9 Å². The summed E-state index contributed by atoms with van der Waals surface area (Å²) in [5.74, 6) is -4.31. The number of hydrogen-bond acceptors (Lipinski definition) is 9. The third kappa shape index (κ3) is 6.26. The number of alkyl halides is 3. The lowest BCUT2D eigenvalue weighted by molar-refractivity contribution is -0.139. The van der Waals surface area contributed by atoms with E-state index in [4.69, 9.17) is 9.73 Å². The van der Waals surface area contributed by atoms with E-state index >= 15 is 8.78 Å². The van der Waals surface area contributed by atoms with Gasteiger partial charge in [0.1, 0.15) is 15.8 Å². The number of esters is 1. The van der Waals surface area contributed by atoms with Crippen molar-refractivity contribution in [2.75, 3.05) is 26.2 Å². The standard InChI is InChI=1S/C31H35F3IN5O4S/c1-3-44-30(43)24-22(37-27(28-36-8-10-45-28)38-25(24)19-5-4-6-20(32)16(19)2)14-39-15-31(33,34)26-23(39)7-9-40(26)18-11-17(12-18)13-21(35)29(41)42/h4-6,8,10,17-18,21,23,25-26H,3,7,9,11-15H2,1-2H3,(H,37,38)(H,41,42)/t17?,18?,21-,23+,25+,26-/m1/s1. The molecule has 2 saturated heterocycles. The number of carbonyl (C=O) groups is 2. The van der Waals surface area contributed by atoms with Crippen molar-refractivity contribution in [3.8, 4) is 0 Å². The van der Waals surface area contributed by atoms with Crippen molar-refractivity contribution in [3.63, 3.8) is 0 Å². The van der Waals surface area contributed by atoms with Gasteiger partial charge in [-0.2, -0.15) is 0 Å². The third-order valence-electron chi connectivity index (χ3n) is 9.43. The first kappa shape index (κ1) is 32.4. The van der Waals surface area contributed by atoms with Crippen molar-refractivity contribution >= 4 is 51.7 Å². The summed E-state index contributed by atoms with van der Waals surface area (Å²) in [5, 5.41) is 14.8. The van der Waals surface area contributed by atoms with Gasteiger partial charge in [0.25, 0.3) is 5.92 Å². The van der Waals surface area contributed by atoms with Gasteiger partial charge in [0.15, 0.2) is 10.8 Å². The van der Waals surface area contributed by atoms with Gasteiger partial charge in [-0.15, -0.1) is 11.3 Å². The molecule has 0 amide bonds. The minimum Gasteiger partial charge on any atom is -0.480 e. The van der Waals surface area contributed by atoms with Crippen molar-refractivity contribution in [1.82, 2.24) is 20.1 Å². The molecule has 1 aromatic carbocycles. The average molecular weight is 758 g/mol. The molecule has 45 heavy (non-hydrogen) atoms. The Hall–Kier alpha value is -2.56. The molecule has 0 spiro atoms. The van der Waals surface area contributed by atoms with Gasteiger partial charge in [-0.3, -0.25) is 19.6 Å². The average Bonchev–Trinajstić information content (AvgIpc) is 3.71. The number of nitrogens with zero attached hydrogens (tertiary/aromatic N) is 4. The molecule has 9 nitrogen and oxygen atoms in total. The topological polar surface area (TPSA) is 107 Å². The minimum atomic E-state index is -2.98. The highest BCUT2D eigenvalue weighted by molar-refractivity contribution is 14.1. The number of nitrogens with one attached hydrogen (secondary N) is 1. The van der Waals surface area contributed by atoms with Crippen molar-refractivity contribution in [1.29, 1.82) is 0 Å². The SMILES string of the molecule is CCOC(=O)C1=C(CN2CC(F)(F)[C@H]3[C@@H]2CCN3C2CC(C[C@@H](I)C(=O)O)C2)NC(c2nccs2)=N[C@H]1c1cccc(F)c1C. The zero-order valence-corrected chi connectivity index (χ0v) is 27.9. The van der Waals surface area contributed by atoms with E-state index in [1.165, 1.54) is 17.4 Å². The smallest absolute Gasteiger partial charge is 0.338 e. The number of amidine groups is 1. The Morgan fingerprint density at radius 1 is 1.31 bits per heavy atom. The van der Waals surface area contributed by atoms with E-state index in [2.05, 4.69) is 10.3 Å². The largest absolute Gasteiger partial charge is 0.480 e. The fourth-order valence-corrected chi connectivity index (χ4v) is 8.60.